The Bertz CT molecular complexity index is 628. The maximum Gasteiger partial charge on any atom is 0.200 e. The van der Waals surface area contributed by atoms with Crippen molar-refractivity contribution in [2.24, 2.45) is 0 Å². The molecule has 106 valence electrons. The normalized spacial score (nSPS) is 10.7. The summed E-state index contributed by atoms with van der Waals surface area (Å²) in [6.45, 7) is 1.62. The smallest absolute Gasteiger partial charge is 0.200 e. The van der Waals surface area contributed by atoms with Gasteiger partial charge in [-0.25, -0.2) is 22.0 Å². The Kier molecular flexibility index (Phi) is 3.87. The minimum atomic E-state index is -2.18. The van der Waals surface area contributed by atoms with Crippen LogP contribution in [0.25, 0.3) is 0 Å². The number of benzene rings is 1. The van der Waals surface area contributed by atoms with E-state index in [0.29, 0.717) is 5.56 Å². The van der Waals surface area contributed by atoms with Crippen LogP contribution in [-0.2, 0) is 6.54 Å². The van der Waals surface area contributed by atoms with E-state index in [-0.39, 0.29) is 6.54 Å². The highest BCUT2D eigenvalue weighted by Crippen LogP contribution is 2.27. The second kappa shape index (κ2) is 5.44. The zero-order valence-electron chi connectivity index (χ0n) is 10.3. The number of hydrogen-bond acceptors (Lipinski definition) is 2. The molecule has 0 radical (unpaired) electrons. The summed E-state index contributed by atoms with van der Waals surface area (Å²) in [6.07, 6.45) is 2.96. The summed E-state index contributed by atoms with van der Waals surface area (Å²) in [7, 11) is 0. The summed E-state index contributed by atoms with van der Waals surface area (Å²) in [5.74, 6) is -9.90. The fourth-order valence-electron chi connectivity index (χ4n) is 1.63. The topological polar surface area (TPSA) is 24.9 Å². The highest BCUT2D eigenvalue weighted by atomic mass is 19.2. The van der Waals surface area contributed by atoms with Crippen LogP contribution in [-0.4, -0.2) is 4.98 Å². The summed E-state index contributed by atoms with van der Waals surface area (Å²) in [6, 6.07) is 1.66. The summed E-state index contributed by atoms with van der Waals surface area (Å²) in [4.78, 5) is 3.82. The molecule has 1 aromatic heterocycles. The maximum absolute atomic E-state index is 13.4. The van der Waals surface area contributed by atoms with E-state index in [1.54, 1.807) is 13.0 Å². The number of aryl methyl sites for hydroxylation is 1. The lowest BCUT2D eigenvalue weighted by Gasteiger charge is -2.11. The molecule has 1 aromatic carbocycles. The van der Waals surface area contributed by atoms with E-state index in [1.807, 2.05) is 0 Å². The van der Waals surface area contributed by atoms with Crippen LogP contribution >= 0.6 is 0 Å². The van der Waals surface area contributed by atoms with Gasteiger partial charge in [-0.1, -0.05) is 0 Å². The third kappa shape index (κ3) is 2.43. The average Bonchev–Trinajstić information content (AvgIpc) is 2.45. The molecule has 2 aromatic rings. The van der Waals surface area contributed by atoms with Crippen LogP contribution in [0, 0.1) is 36.0 Å². The number of aromatic nitrogens is 1. The number of halogens is 5. The molecule has 0 aliphatic heterocycles. The van der Waals surface area contributed by atoms with Gasteiger partial charge in [-0.15, -0.1) is 0 Å². The van der Waals surface area contributed by atoms with Crippen LogP contribution in [0.5, 0.6) is 0 Å². The summed E-state index contributed by atoms with van der Waals surface area (Å²) < 4.78 is 65.7. The predicted molar refractivity (Wildman–Crippen MR) is 62.5 cm³/mol. The quantitative estimate of drug-likeness (QED) is 0.529. The van der Waals surface area contributed by atoms with Gasteiger partial charge in [0.05, 0.1) is 0 Å². The lowest BCUT2D eigenvalue weighted by atomic mass is 10.1. The molecule has 20 heavy (non-hydrogen) atoms. The van der Waals surface area contributed by atoms with Crippen molar-refractivity contribution < 1.29 is 22.0 Å². The van der Waals surface area contributed by atoms with Gasteiger partial charge in [-0.3, -0.25) is 4.98 Å². The van der Waals surface area contributed by atoms with Crippen LogP contribution < -0.4 is 5.32 Å². The molecule has 0 aliphatic rings. The molecule has 0 aliphatic carbocycles. The third-order valence-electron chi connectivity index (χ3n) is 2.81. The van der Waals surface area contributed by atoms with Gasteiger partial charge in [0.15, 0.2) is 23.3 Å². The van der Waals surface area contributed by atoms with Gasteiger partial charge in [0, 0.05) is 18.9 Å². The Morgan fingerprint density at radius 2 is 1.50 bits per heavy atom. The molecule has 0 fully saturated rings. The Morgan fingerprint density at radius 1 is 0.950 bits per heavy atom. The number of pyridine rings is 1. The third-order valence-corrected chi connectivity index (χ3v) is 2.81. The van der Waals surface area contributed by atoms with E-state index in [2.05, 4.69) is 10.3 Å². The monoisotopic (exact) mass is 288 g/mol. The van der Waals surface area contributed by atoms with Gasteiger partial charge in [0.2, 0.25) is 5.82 Å². The molecule has 0 atom stereocenters. The molecule has 0 saturated carbocycles. The van der Waals surface area contributed by atoms with Crippen molar-refractivity contribution in [2.45, 2.75) is 13.5 Å². The highest BCUT2D eigenvalue weighted by molar-refractivity contribution is 5.48. The first-order chi connectivity index (χ1) is 9.43. The predicted octanol–water partition coefficient (Wildman–Crippen LogP) is 3.70. The van der Waals surface area contributed by atoms with Crippen molar-refractivity contribution in [1.82, 2.24) is 4.98 Å². The standard InChI is InChI=1S/C13H9F5N2/c1-6-2-3-19-4-7(6)5-20-13-11(17)9(15)8(14)10(16)12(13)18/h2-4,20H,5H2,1H3. The first kappa shape index (κ1) is 14.2. The van der Waals surface area contributed by atoms with Crippen LogP contribution in [0.15, 0.2) is 18.5 Å². The van der Waals surface area contributed by atoms with Gasteiger partial charge >= 0.3 is 0 Å². The Hall–Kier alpha value is -2.18. The van der Waals surface area contributed by atoms with Crippen LogP contribution in [0.4, 0.5) is 27.6 Å². The summed E-state index contributed by atoms with van der Waals surface area (Å²) in [5, 5.41) is 2.21. The first-order valence-electron chi connectivity index (χ1n) is 5.58. The lowest BCUT2D eigenvalue weighted by Crippen LogP contribution is -2.10. The van der Waals surface area contributed by atoms with Gasteiger partial charge in [-0.2, -0.15) is 0 Å². The second-order valence-corrected chi connectivity index (χ2v) is 4.10. The first-order valence-corrected chi connectivity index (χ1v) is 5.58. The maximum atomic E-state index is 13.4. The number of nitrogens with one attached hydrogen (secondary N) is 1. The molecule has 7 heteroatoms. The molecule has 0 saturated heterocycles. The highest BCUT2D eigenvalue weighted by Gasteiger charge is 2.25. The fourth-order valence-corrected chi connectivity index (χ4v) is 1.63. The molecule has 1 N–H and O–H groups in total. The van der Waals surface area contributed by atoms with Gasteiger partial charge in [-0.05, 0) is 24.1 Å². The number of nitrogens with zero attached hydrogens (tertiary/aromatic N) is 1. The summed E-state index contributed by atoms with van der Waals surface area (Å²) in [5.41, 5.74) is 0.303. The molecule has 2 rings (SSSR count). The van der Waals surface area contributed by atoms with E-state index in [4.69, 9.17) is 0 Å². The minimum absolute atomic E-state index is 0.113. The Morgan fingerprint density at radius 3 is 2.05 bits per heavy atom. The second-order valence-electron chi connectivity index (χ2n) is 4.10. The number of hydrogen-bond donors (Lipinski definition) is 1. The van der Waals surface area contributed by atoms with Gasteiger partial charge in [0.25, 0.3) is 0 Å². The Balaban J connectivity index is 2.33. The molecular formula is C13H9F5N2. The zero-order valence-corrected chi connectivity index (χ0v) is 10.3. The molecule has 0 bridgehead atoms. The average molecular weight is 288 g/mol. The van der Waals surface area contributed by atoms with Crippen LogP contribution in [0.1, 0.15) is 11.1 Å². The van der Waals surface area contributed by atoms with E-state index in [9.17, 15) is 22.0 Å². The summed E-state index contributed by atoms with van der Waals surface area (Å²) >= 11 is 0. The van der Waals surface area contributed by atoms with Crippen molar-refractivity contribution in [1.29, 1.82) is 0 Å². The molecule has 0 amide bonds. The molecule has 0 spiro atoms. The van der Waals surface area contributed by atoms with Crippen molar-refractivity contribution in [2.75, 3.05) is 5.32 Å². The van der Waals surface area contributed by atoms with E-state index in [1.165, 1.54) is 12.4 Å². The molecule has 1 heterocycles. The van der Waals surface area contributed by atoms with Crippen molar-refractivity contribution in [3.05, 3.63) is 58.7 Å². The SMILES string of the molecule is Cc1ccncc1CNc1c(F)c(F)c(F)c(F)c1F. The fraction of sp³-hybridized carbons (Fsp3) is 0.154. The van der Waals surface area contributed by atoms with Gasteiger partial charge in [0.1, 0.15) is 5.69 Å². The zero-order chi connectivity index (χ0) is 14.9. The molecule has 2 nitrogen and oxygen atoms in total. The minimum Gasteiger partial charge on any atom is -0.376 e. The number of rotatable bonds is 3. The molecular weight excluding hydrogens is 279 g/mol. The lowest BCUT2D eigenvalue weighted by molar-refractivity contribution is 0.381. The van der Waals surface area contributed by atoms with Crippen LogP contribution in [0.2, 0.25) is 0 Å². The van der Waals surface area contributed by atoms with Crippen molar-refractivity contribution >= 4 is 5.69 Å². The van der Waals surface area contributed by atoms with E-state index >= 15 is 0 Å². The van der Waals surface area contributed by atoms with E-state index in [0.717, 1.165) is 5.56 Å². The Labute approximate surface area is 111 Å². The number of anilines is 1. The largest absolute Gasteiger partial charge is 0.376 e. The van der Waals surface area contributed by atoms with Crippen molar-refractivity contribution in [3.63, 3.8) is 0 Å². The van der Waals surface area contributed by atoms with Crippen molar-refractivity contribution in [3.8, 4) is 0 Å². The molecule has 0 unspecified atom stereocenters. The van der Waals surface area contributed by atoms with Crippen LogP contribution in [0.3, 0.4) is 0 Å². The van der Waals surface area contributed by atoms with E-state index < -0.39 is 34.8 Å². The van der Waals surface area contributed by atoms with Gasteiger partial charge < -0.3 is 5.32 Å².